The Balaban J connectivity index is 2.95. The van der Waals surface area contributed by atoms with E-state index in [9.17, 15) is 4.39 Å². The molecule has 18 heavy (non-hydrogen) atoms. The lowest BCUT2D eigenvalue weighted by molar-refractivity contribution is 0.304. The number of benzene rings is 1. The van der Waals surface area contributed by atoms with Crippen LogP contribution >= 0.6 is 43.5 Å². The van der Waals surface area contributed by atoms with E-state index in [0.29, 0.717) is 10.9 Å². The van der Waals surface area contributed by atoms with E-state index >= 15 is 0 Å². The molecule has 0 saturated heterocycles. The Morgan fingerprint density at radius 2 is 1.89 bits per heavy atom. The van der Waals surface area contributed by atoms with Gasteiger partial charge in [0.1, 0.15) is 5.82 Å². The van der Waals surface area contributed by atoms with Crippen molar-refractivity contribution in [1.29, 1.82) is 0 Å². The highest BCUT2D eigenvalue weighted by Crippen LogP contribution is 2.36. The summed E-state index contributed by atoms with van der Waals surface area (Å²) in [7, 11) is 0. The molecule has 0 aliphatic heterocycles. The fourth-order valence-electron chi connectivity index (χ4n) is 2.25. The predicted molar refractivity (Wildman–Crippen MR) is 84.6 cm³/mol. The molecule has 0 fully saturated rings. The molecule has 0 unspecified atom stereocenters. The van der Waals surface area contributed by atoms with Crippen LogP contribution in [0.5, 0.6) is 0 Å². The molecule has 0 nitrogen and oxygen atoms in total. The molecule has 0 atom stereocenters. The molecule has 0 aliphatic rings. The van der Waals surface area contributed by atoms with Crippen molar-refractivity contribution in [2.24, 2.45) is 11.3 Å². The van der Waals surface area contributed by atoms with Gasteiger partial charge in [-0.15, -0.1) is 0 Å². The molecule has 0 spiro atoms. The zero-order valence-electron chi connectivity index (χ0n) is 10.6. The average molecular weight is 401 g/mol. The highest BCUT2D eigenvalue weighted by atomic mass is 79.9. The molecular formula is C14H18Br2ClF. The van der Waals surface area contributed by atoms with Crippen molar-refractivity contribution in [3.05, 3.63) is 34.6 Å². The summed E-state index contributed by atoms with van der Waals surface area (Å²) < 4.78 is 13.1. The quantitative estimate of drug-likeness (QED) is 0.526. The first-order valence-corrected chi connectivity index (χ1v) is 8.60. The Kier molecular flexibility index (Phi) is 6.63. The van der Waals surface area contributed by atoms with E-state index < -0.39 is 0 Å². The molecule has 0 radical (unpaired) electrons. The van der Waals surface area contributed by atoms with Gasteiger partial charge in [-0.05, 0) is 41.9 Å². The Morgan fingerprint density at radius 1 is 1.28 bits per heavy atom. The highest BCUT2D eigenvalue weighted by molar-refractivity contribution is 9.09. The molecule has 1 aromatic carbocycles. The largest absolute Gasteiger partial charge is 0.207 e. The Labute approximate surface area is 131 Å². The minimum atomic E-state index is -0.282. The molecule has 1 aromatic rings. The van der Waals surface area contributed by atoms with Gasteiger partial charge in [0, 0.05) is 15.7 Å². The molecule has 0 aliphatic carbocycles. The summed E-state index contributed by atoms with van der Waals surface area (Å²) >= 11 is 13.3. The second-order valence-electron chi connectivity index (χ2n) is 5.28. The van der Waals surface area contributed by atoms with Gasteiger partial charge in [0.05, 0.1) is 0 Å². The van der Waals surface area contributed by atoms with Crippen LogP contribution in [0.25, 0.3) is 0 Å². The topological polar surface area (TPSA) is 0 Å². The lowest BCUT2D eigenvalue weighted by Gasteiger charge is -2.32. The van der Waals surface area contributed by atoms with Gasteiger partial charge in [0.25, 0.3) is 0 Å². The number of halogens is 4. The molecule has 0 bridgehead atoms. The maximum atomic E-state index is 13.1. The zero-order chi connectivity index (χ0) is 13.8. The van der Waals surface area contributed by atoms with Crippen LogP contribution < -0.4 is 0 Å². The van der Waals surface area contributed by atoms with E-state index in [1.54, 1.807) is 6.07 Å². The van der Waals surface area contributed by atoms with Crippen molar-refractivity contribution in [3.8, 4) is 0 Å². The van der Waals surface area contributed by atoms with Crippen molar-refractivity contribution >= 4 is 43.5 Å². The third-order valence-electron chi connectivity index (χ3n) is 2.99. The maximum Gasteiger partial charge on any atom is 0.124 e. The lowest BCUT2D eigenvalue weighted by atomic mass is 9.79. The number of hydrogen-bond donors (Lipinski definition) is 0. The second kappa shape index (κ2) is 7.25. The van der Waals surface area contributed by atoms with Crippen LogP contribution in [0.4, 0.5) is 4.39 Å². The summed E-state index contributed by atoms with van der Waals surface area (Å²) in [4.78, 5) is 0. The Hall–Kier alpha value is 0.400. The van der Waals surface area contributed by atoms with Crippen molar-refractivity contribution < 1.29 is 4.39 Å². The van der Waals surface area contributed by atoms with Gasteiger partial charge in [0.15, 0.2) is 0 Å². The first-order valence-electron chi connectivity index (χ1n) is 5.98. The van der Waals surface area contributed by atoms with Gasteiger partial charge in [0.2, 0.25) is 0 Å². The van der Waals surface area contributed by atoms with E-state index in [-0.39, 0.29) is 11.2 Å². The number of rotatable bonds is 6. The standard InChI is InChI=1S/C14H18Br2ClF/c1-10(2)6-14(8-15,9-16)7-11-3-4-12(18)5-13(11)17/h3-5,10H,6-9H2,1-2H3. The van der Waals surface area contributed by atoms with Crippen molar-refractivity contribution in [1.82, 2.24) is 0 Å². The fraction of sp³-hybridized carbons (Fsp3) is 0.571. The van der Waals surface area contributed by atoms with Gasteiger partial charge in [-0.1, -0.05) is 63.4 Å². The summed E-state index contributed by atoms with van der Waals surface area (Å²) in [5, 5.41) is 2.32. The van der Waals surface area contributed by atoms with Crippen LogP contribution in [0, 0.1) is 17.2 Å². The van der Waals surface area contributed by atoms with Gasteiger partial charge in [-0.2, -0.15) is 0 Å². The van der Waals surface area contributed by atoms with Gasteiger partial charge < -0.3 is 0 Å². The second-order valence-corrected chi connectivity index (χ2v) is 6.81. The Morgan fingerprint density at radius 3 is 2.33 bits per heavy atom. The van der Waals surface area contributed by atoms with E-state index in [1.165, 1.54) is 12.1 Å². The molecule has 4 heteroatoms. The summed E-state index contributed by atoms with van der Waals surface area (Å²) in [6.45, 7) is 4.43. The van der Waals surface area contributed by atoms with E-state index in [0.717, 1.165) is 29.1 Å². The van der Waals surface area contributed by atoms with Crippen molar-refractivity contribution in [3.63, 3.8) is 0 Å². The normalized spacial score (nSPS) is 12.2. The average Bonchev–Trinajstić information content (AvgIpc) is 2.31. The molecular weight excluding hydrogens is 382 g/mol. The third-order valence-corrected chi connectivity index (χ3v) is 5.72. The first-order chi connectivity index (χ1) is 8.42. The maximum absolute atomic E-state index is 13.1. The third kappa shape index (κ3) is 4.50. The summed E-state index contributed by atoms with van der Waals surface area (Å²) in [5.74, 6) is 0.329. The molecule has 102 valence electrons. The zero-order valence-corrected chi connectivity index (χ0v) is 14.6. The lowest BCUT2D eigenvalue weighted by Crippen LogP contribution is -2.29. The number of alkyl halides is 2. The summed E-state index contributed by atoms with van der Waals surface area (Å²) in [6, 6.07) is 4.65. The SMILES string of the molecule is CC(C)CC(CBr)(CBr)Cc1ccc(F)cc1Cl. The molecule has 0 saturated carbocycles. The van der Waals surface area contributed by atoms with E-state index in [4.69, 9.17) is 11.6 Å². The minimum Gasteiger partial charge on any atom is -0.207 e. The van der Waals surface area contributed by atoms with Crippen LogP contribution in [0.3, 0.4) is 0 Å². The first kappa shape index (κ1) is 16.5. The fourth-order valence-corrected chi connectivity index (χ4v) is 4.26. The molecule has 0 aromatic heterocycles. The Bertz CT molecular complexity index is 389. The van der Waals surface area contributed by atoms with Crippen LogP contribution in [0.1, 0.15) is 25.8 Å². The van der Waals surface area contributed by atoms with Crippen molar-refractivity contribution in [2.75, 3.05) is 10.7 Å². The number of hydrogen-bond acceptors (Lipinski definition) is 0. The van der Waals surface area contributed by atoms with Crippen LogP contribution in [-0.2, 0) is 6.42 Å². The summed E-state index contributed by atoms with van der Waals surface area (Å²) in [6.07, 6.45) is 1.94. The predicted octanol–water partition coefficient (Wildman–Crippen LogP) is 5.84. The smallest absolute Gasteiger partial charge is 0.124 e. The molecule has 0 heterocycles. The van der Waals surface area contributed by atoms with Crippen LogP contribution in [-0.4, -0.2) is 10.7 Å². The van der Waals surface area contributed by atoms with Gasteiger partial charge >= 0.3 is 0 Å². The molecule has 0 amide bonds. The molecule has 1 rings (SSSR count). The van der Waals surface area contributed by atoms with Crippen molar-refractivity contribution in [2.45, 2.75) is 26.7 Å². The van der Waals surface area contributed by atoms with Gasteiger partial charge in [-0.3, -0.25) is 0 Å². The van der Waals surface area contributed by atoms with Crippen LogP contribution in [0.15, 0.2) is 18.2 Å². The van der Waals surface area contributed by atoms with E-state index in [2.05, 4.69) is 45.7 Å². The van der Waals surface area contributed by atoms with Gasteiger partial charge in [-0.25, -0.2) is 4.39 Å². The monoisotopic (exact) mass is 398 g/mol. The highest BCUT2D eigenvalue weighted by Gasteiger charge is 2.30. The summed E-state index contributed by atoms with van der Waals surface area (Å²) in [5.41, 5.74) is 1.13. The van der Waals surface area contributed by atoms with E-state index in [1.807, 2.05) is 0 Å². The molecule has 0 N–H and O–H groups in total. The van der Waals surface area contributed by atoms with Crippen LogP contribution in [0.2, 0.25) is 5.02 Å². The minimum absolute atomic E-state index is 0.121.